The number of rotatable bonds is 5. The summed E-state index contributed by atoms with van der Waals surface area (Å²) in [6.07, 6.45) is 1.32. The minimum Gasteiger partial charge on any atom is -0.478 e. The van der Waals surface area contributed by atoms with Crippen molar-refractivity contribution in [3.05, 3.63) is 59.4 Å². The van der Waals surface area contributed by atoms with Gasteiger partial charge in [-0.15, -0.1) is 0 Å². The SMILES string of the molecule is NC(=O)c1ccc(NCc2ccc(C(=O)O)cn2)cc1. The number of primary amides is 1. The van der Waals surface area contributed by atoms with Gasteiger partial charge < -0.3 is 16.2 Å². The highest BCUT2D eigenvalue weighted by atomic mass is 16.4. The lowest BCUT2D eigenvalue weighted by Crippen LogP contribution is -2.10. The Labute approximate surface area is 115 Å². The van der Waals surface area contributed by atoms with E-state index in [2.05, 4.69) is 10.3 Å². The van der Waals surface area contributed by atoms with Crippen LogP contribution in [0.25, 0.3) is 0 Å². The fourth-order valence-electron chi connectivity index (χ4n) is 1.60. The third-order valence-electron chi connectivity index (χ3n) is 2.71. The number of aromatic carboxylic acids is 1. The summed E-state index contributed by atoms with van der Waals surface area (Å²) in [6, 6.07) is 9.89. The molecule has 2 aromatic rings. The van der Waals surface area contributed by atoms with Crippen molar-refractivity contribution in [2.24, 2.45) is 5.73 Å². The Kier molecular flexibility index (Phi) is 3.95. The molecular formula is C14H13N3O3. The second-order valence-corrected chi connectivity index (χ2v) is 4.14. The lowest BCUT2D eigenvalue weighted by Gasteiger charge is -2.06. The first-order chi connectivity index (χ1) is 9.56. The van der Waals surface area contributed by atoms with Crippen LogP contribution in [0.5, 0.6) is 0 Å². The molecule has 0 saturated carbocycles. The molecule has 0 spiro atoms. The number of anilines is 1. The minimum atomic E-state index is -1.00. The number of amides is 1. The minimum absolute atomic E-state index is 0.152. The second-order valence-electron chi connectivity index (χ2n) is 4.14. The van der Waals surface area contributed by atoms with Crippen molar-refractivity contribution in [1.29, 1.82) is 0 Å². The molecular weight excluding hydrogens is 258 g/mol. The Morgan fingerprint density at radius 3 is 2.25 bits per heavy atom. The Balaban J connectivity index is 1.97. The Bertz CT molecular complexity index is 564. The van der Waals surface area contributed by atoms with Crippen LogP contribution in [0.15, 0.2) is 42.6 Å². The van der Waals surface area contributed by atoms with Crippen LogP contribution in [0, 0.1) is 0 Å². The van der Waals surface area contributed by atoms with Crippen molar-refractivity contribution < 1.29 is 14.7 Å². The van der Waals surface area contributed by atoms with E-state index in [0.29, 0.717) is 17.8 Å². The van der Waals surface area contributed by atoms with Crippen LogP contribution in [0.2, 0.25) is 0 Å². The maximum absolute atomic E-state index is 10.9. The van der Waals surface area contributed by atoms with Crippen molar-refractivity contribution in [3.8, 4) is 0 Å². The number of nitrogens with one attached hydrogen (secondary N) is 1. The monoisotopic (exact) mass is 271 g/mol. The molecule has 6 nitrogen and oxygen atoms in total. The Morgan fingerprint density at radius 1 is 1.10 bits per heavy atom. The summed E-state index contributed by atoms with van der Waals surface area (Å²) in [6.45, 7) is 0.454. The maximum Gasteiger partial charge on any atom is 0.337 e. The van der Waals surface area contributed by atoms with Crippen LogP contribution in [0.4, 0.5) is 5.69 Å². The summed E-state index contributed by atoms with van der Waals surface area (Å²) in [5.74, 6) is -1.47. The van der Waals surface area contributed by atoms with Gasteiger partial charge in [0.05, 0.1) is 17.8 Å². The quantitative estimate of drug-likeness (QED) is 0.764. The highest BCUT2D eigenvalue weighted by Crippen LogP contribution is 2.10. The lowest BCUT2D eigenvalue weighted by atomic mass is 10.2. The largest absolute Gasteiger partial charge is 0.478 e. The number of nitrogens with two attached hydrogens (primary N) is 1. The standard InChI is InChI=1S/C14H13N3O3/c15-13(18)9-1-4-11(5-2-9)17-8-12-6-3-10(7-16-12)14(19)20/h1-7,17H,8H2,(H2,15,18)(H,19,20). The van der Waals surface area contributed by atoms with Crippen LogP contribution in [-0.2, 0) is 6.54 Å². The predicted molar refractivity (Wildman–Crippen MR) is 73.5 cm³/mol. The molecule has 102 valence electrons. The summed E-state index contributed by atoms with van der Waals surface area (Å²) in [5.41, 5.74) is 7.28. The topological polar surface area (TPSA) is 105 Å². The number of pyridine rings is 1. The first-order valence-electron chi connectivity index (χ1n) is 5.88. The molecule has 1 aromatic carbocycles. The van der Waals surface area contributed by atoms with E-state index in [0.717, 1.165) is 5.69 Å². The average molecular weight is 271 g/mol. The van der Waals surface area contributed by atoms with Gasteiger partial charge in [-0.1, -0.05) is 0 Å². The molecule has 1 aromatic heterocycles. The average Bonchev–Trinajstić information content (AvgIpc) is 2.46. The van der Waals surface area contributed by atoms with Crippen LogP contribution >= 0.6 is 0 Å². The maximum atomic E-state index is 10.9. The van der Waals surface area contributed by atoms with E-state index < -0.39 is 11.9 Å². The first kappa shape index (κ1) is 13.5. The Morgan fingerprint density at radius 2 is 1.75 bits per heavy atom. The molecule has 0 aliphatic carbocycles. The van der Waals surface area contributed by atoms with Gasteiger partial charge in [-0.25, -0.2) is 4.79 Å². The van der Waals surface area contributed by atoms with E-state index in [1.165, 1.54) is 12.3 Å². The molecule has 4 N–H and O–H groups in total. The predicted octanol–water partition coefficient (Wildman–Crippen LogP) is 1.49. The highest BCUT2D eigenvalue weighted by Gasteiger charge is 2.03. The summed E-state index contributed by atoms with van der Waals surface area (Å²) >= 11 is 0. The number of hydrogen-bond donors (Lipinski definition) is 3. The third kappa shape index (κ3) is 3.32. The van der Waals surface area contributed by atoms with Crippen molar-refractivity contribution in [2.45, 2.75) is 6.54 Å². The van der Waals surface area contributed by atoms with Gasteiger partial charge in [-0.3, -0.25) is 9.78 Å². The molecule has 6 heteroatoms. The molecule has 0 fully saturated rings. The normalized spacial score (nSPS) is 10.0. The van der Waals surface area contributed by atoms with Crippen LogP contribution in [0.1, 0.15) is 26.4 Å². The summed E-state index contributed by atoms with van der Waals surface area (Å²) in [4.78, 5) is 25.7. The van der Waals surface area contributed by atoms with E-state index in [1.807, 2.05) is 0 Å². The number of hydrogen-bond acceptors (Lipinski definition) is 4. The van der Waals surface area contributed by atoms with Crippen molar-refractivity contribution >= 4 is 17.6 Å². The lowest BCUT2D eigenvalue weighted by molar-refractivity contribution is 0.0696. The Hall–Kier alpha value is -2.89. The van der Waals surface area contributed by atoms with Gasteiger partial charge >= 0.3 is 5.97 Å². The summed E-state index contributed by atoms with van der Waals surface area (Å²) < 4.78 is 0. The molecule has 0 atom stereocenters. The number of carboxylic acid groups (broad SMARTS) is 1. The number of nitrogens with zero attached hydrogens (tertiary/aromatic N) is 1. The van der Waals surface area contributed by atoms with E-state index in [-0.39, 0.29) is 5.56 Å². The third-order valence-corrected chi connectivity index (χ3v) is 2.71. The molecule has 1 amide bonds. The molecule has 0 radical (unpaired) electrons. The number of aromatic nitrogens is 1. The highest BCUT2D eigenvalue weighted by molar-refractivity contribution is 5.93. The molecule has 20 heavy (non-hydrogen) atoms. The van der Waals surface area contributed by atoms with Gasteiger partial charge in [0, 0.05) is 17.4 Å². The van der Waals surface area contributed by atoms with Crippen LogP contribution < -0.4 is 11.1 Å². The van der Waals surface area contributed by atoms with E-state index >= 15 is 0 Å². The number of carbonyl (C=O) groups is 2. The number of carbonyl (C=O) groups excluding carboxylic acids is 1. The summed E-state index contributed by atoms with van der Waals surface area (Å²) in [7, 11) is 0. The molecule has 0 saturated heterocycles. The molecule has 0 bridgehead atoms. The van der Waals surface area contributed by atoms with Crippen molar-refractivity contribution in [1.82, 2.24) is 4.98 Å². The van der Waals surface area contributed by atoms with Crippen molar-refractivity contribution in [2.75, 3.05) is 5.32 Å². The molecule has 1 heterocycles. The number of benzene rings is 1. The fourth-order valence-corrected chi connectivity index (χ4v) is 1.60. The molecule has 0 unspecified atom stereocenters. The van der Waals surface area contributed by atoms with Gasteiger partial charge in [0.2, 0.25) is 5.91 Å². The smallest absolute Gasteiger partial charge is 0.337 e. The van der Waals surface area contributed by atoms with Gasteiger partial charge in [-0.2, -0.15) is 0 Å². The van der Waals surface area contributed by atoms with E-state index in [1.54, 1.807) is 30.3 Å². The van der Waals surface area contributed by atoms with E-state index in [4.69, 9.17) is 10.8 Å². The van der Waals surface area contributed by atoms with Gasteiger partial charge in [0.15, 0.2) is 0 Å². The zero-order valence-corrected chi connectivity index (χ0v) is 10.5. The zero-order valence-electron chi connectivity index (χ0n) is 10.5. The zero-order chi connectivity index (χ0) is 14.5. The second kappa shape index (κ2) is 5.83. The van der Waals surface area contributed by atoms with Gasteiger partial charge in [0.1, 0.15) is 0 Å². The van der Waals surface area contributed by atoms with E-state index in [9.17, 15) is 9.59 Å². The molecule has 0 aliphatic rings. The first-order valence-corrected chi connectivity index (χ1v) is 5.88. The van der Waals surface area contributed by atoms with Gasteiger partial charge in [0.25, 0.3) is 0 Å². The van der Waals surface area contributed by atoms with Crippen LogP contribution in [-0.4, -0.2) is 22.0 Å². The van der Waals surface area contributed by atoms with Gasteiger partial charge in [-0.05, 0) is 36.4 Å². The van der Waals surface area contributed by atoms with Crippen LogP contribution in [0.3, 0.4) is 0 Å². The summed E-state index contributed by atoms with van der Waals surface area (Å²) in [5, 5.41) is 11.9. The number of carboxylic acids is 1. The fraction of sp³-hybridized carbons (Fsp3) is 0.0714. The molecule has 2 rings (SSSR count). The molecule has 0 aliphatic heterocycles. The van der Waals surface area contributed by atoms with Crippen molar-refractivity contribution in [3.63, 3.8) is 0 Å².